The van der Waals surface area contributed by atoms with Crippen LogP contribution in [0.1, 0.15) is 28.2 Å². The molecule has 0 aliphatic carbocycles. The van der Waals surface area contributed by atoms with Crippen LogP contribution in [0, 0.1) is 0 Å². The number of carbonyl (C=O) groups is 2. The molecule has 0 saturated heterocycles. The summed E-state index contributed by atoms with van der Waals surface area (Å²) in [7, 11) is 0. The van der Waals surface area contributed by atoms with Crippen molar-refractivity contribution in [3.05, 3.63) is 138 Å². The predicted octanol–water partition coefficient (Wildman–Crippen LogP) is 4.71. The highest BCUT2D eigenvalue weighted by atomic mass is 16.5. The molecule has 6 nitrogen and oxygen atoms in total. The Morgan fingerprint density at radius 1 is 0.757 bits per heavy atom. The topological polar surface area (TPSA) is 79.8 Å². The molecule has 4 rings (SSSR count). The Labute approximate surface area is 217 Å². The third-order valence-corrected chi connectivity index (χ3v) is 5.75. The van der Waals surface area contributed by atoms with Gasteiger partial charge in [-0.15, -0.1) is 0 Å². The first kappa shape index (κ1) is 25.4. The summed E-state index contributed by atoms with van der Waals surface area (Å²) in [6.45, 7) is 0.501. The van der Waals surface area contributed by atoms with Gasteiger partial charge in [0.2, 0.25) is 0 Å². The van der Waals surface area contributed by atoms with Crippen LogP contribution >= 0.6 is 0 Å². The zero-order valence-electron chi connectivity index (χ0n) is 20.4. The predicted molar refractivity (Wildman–Crippen MR) is 146 cm³/mol. The van der Waals surface area contributed by atoms with Crippen LogP contribution in [0.15, 0.2) is 120 Å². The van der Waals surface area contributed by atoms with Crippen molar-refractivity contribution >= 4 is 18.0 Å². The van der Waals surface area contributed by atoms with Gasteiger partial charge in [-0.05, 0) is 52.9 Å². The molecule has 6 heteroatoms. The van der Waals surface area contributed by atoms with Crippen LogP contribution < -0.4 is 15.5 Å². The minimum atomic E-state index is -0.464. The van der Waals surface area contributed by atoms with E-state index in [1.165, 1.54) is 5.56 Å². The molecule has 4 aromatic carbocycles. The molecule has 0 spiro atoms. The number of amides is 2. The fourth-order valence-electron chi connectivity index (χ4n) is 3.86. The molecule has 0 fully saturated rings. The van der Waals surface area contributed by atoms with Gasteiger partial charge in [-0.25, -0.2) is 5.43 Å². The second-order valence-corrected chi connectivity index (χ2v) is 8.43. The maximum Gasteiger partial charge on any atom is 0.257 e. The number of hydrogen-bond acceptors (Lipinski definition) is 4. The molecule has 4 aromatic rings. The summed E-state index contributed by atoms with van der Waals surface area (Å²) < 4.78 is 5.57. The zero-order valence-corrected chi connectivity index (χ0v) is 20.4. The smallest absolute Gasteiger partial charge is 0.257 e. The van der Waals surface area contributed by atoms with Crippen molar-refractivity contribution in [1.82, 2.24) is 10.7 Å². The van der Waals surface area contributed by atoms with Gasteiger partial charge in [0.05, 0.1) is 12.1 Å². The molecule has 0 aliphatic heterocycles. The van der Waals surface area contributed by atoms with Gasteiger partial charge in [0.1, 0.15) is 5.75 Å². The normalized spacial score (nSPS) is 10.8. The van der Waals surface area contributed by atoms with Crippen LogP contribution in [0.3, 0.4) is 0 Å². The van der Waals surface area contributed by atoms with Crippen LogP contribution in [0.25, 0.3) is 0 Å². The molecule has 0 saturated carbocycles. The van der Waals surface area contributed by atoms with E-state index in [0.717, 1.165) is 23.1 Å². The van der Waals surface area contributed by atoms with Gasteiger partial charge in [-0.1, -0.05) is 91.0 Å². The van der Waals surface area contributed by atoms with Crippen molar-refractivity contribution < 1.29 is 14.3 Å². The first-order valence-corrected chi connectivity index (χ1v) is 12.2. The molecule has 0 atom stereocenters. The molecule has 0 radical (unpaired) electrons. The quantitative estimate of drug-likeness (QED) is 0.236. The summed E-state index contributed by atoms with van der Waals surface area (Å²) in [5.41, 5.74) is 6.41. The van der Waals surface area contributed by atoms with Crippen LogP contribution in [0.5, 0.6) is 5.75 Å². The maximum absolute atomic E-state index is 13.0. The SMILES string of the molecule is O=C(COc1ccc(/C=N/NC(=O)C(c2ccccc2)c2ccccc2)cc1)NCCc1ccccc1. The van der Waals surface area contributed by atoms with E-state index in [4.69, 9.17) is 4.74 Å². The summed E-state index contributed by atoms with van der Waals surface area (Å²) in [5.74, 6) is -0.274. The van der Waals surface area contributed by atoms with Gasteiger partial charge in [0.15, 0.2) is 6.61 Å². The van der Waals surface area contributed by atoms with Gasteiger partial charge in [0, 0.05) is 6.54 Å². The van der Waals surface area contributed by atoms with E-state index in [9.17, 15) is 9.59 Å². The molecule has 2 N–H and O–H groups in total. The summed E-state index contributed by atoms with van der Waals surface area (Å²) in [6.07, 6.45) is 2.35. The molecule has 0 aromatic heterocycles. The van der Waals surface area contributed by atoms with Gasteiger partial charge in [0.25, 0.3) is 11.8 Å². The monoisotopic (exact) mass is 491 g/mol. The van der Waals surface area contributed by atoms with Crippen molar-refractivity contribution in [1.29, 1.82) is 0 Å². The van der Waals surface area contributed by atoms with Crippen LogP contribution in [-0.4, -0.2) is 31.2 Å². The van der Waals surface area contributed by atoms with Crippen LogP contribution in [0.2, 0.25) is 0 Å². The number of ether oxygens (including phenoxy) is 1. The van der Waals surface area contributed by atoms with Crippen LogP contribution in [0.4, 0.5) is 0 Å². The molecule has 0 bridgehead atoms. The molecule has 0 heterocycles. The fraction of sp³-hybridized carbons (Fsp3) is 0.129. The highest BCUT2D eigenvalue weighted by molar-refractivity contribution is 5.88. The molecule has 2 amide bonds. The number of rotatable bonds is 11. The summed E-state index contributed by atoms with van der Waals surface area (Å²) in [4.78, 5) is 25.1. The van der Waals surface area contributed by atoms with E-state index in [2.05, 4.69) is 15.8 Å². The number of benzene rings is 4. The Morgan fingerprint density at radius 2 is 1.32 bits per heavy atom. The van der Waals surface area contributed by atoms with Crippen LogP contribution in [-0.2, 0) is 16.0 Å². The Morgan fingerprint density at radius 3 is 1.92 bits per heavy atom. The second-order valence-electron chi connectivity index (χ2n) is 8.43. The average Bonchev–Trinajstić information content (AvgIpc) is 2.94. The third-order valence-electron chi connectivity index (χ3n) is 5.75. The molecular formula is C31H29N3O3. The number of hydrogen-bond donors (Lipinski definition) is 2. The van der Waals surface area contributed by atoms with Crippen molar-refractivity contribution in [2.45, 2.75) is 12.3 Å². The lowest BCUT2D eigenvalue weighted by Crippen LogP contribution is -2.30. The molecule has 0 aliphatic rings. The van der Waals surface area contributed by atoms with Gasteiger partial charge >= 0.3 is 0 Å². The van der Waals surface area contributed by atoms with E-state index < -0.39 is 5.92 Å². The molecule has 186 valence electrons. The minimum Gasteiger partial charge on any atom is -0.484 e. The largest absolute Gasteiger partial charge is 0.484 e. The molecular weight excluding hydrogens is 462 g/mol. The van der Waals surface area contributed by atoms with Crippen molar-refractivity contribution in [2.24, 2.45) is 5.10 Å². The van der Waals surface area contributed by atoms with Crippen molar-refractivity contribution in [2.75, 3.05) is 13.2 Å². The summed E-state index contributed by atoms with van der Waals surface area (Å²) in [6, 6.07) is 36.4. The number of carbonyl (C=O) groups excluding carboxylic acids is 2. The van der Waals surface area contributed by atoms with E-state index in [1.807, 2.05) is 103 Å². The van der Waals surface area contributed by atoms with E-state index in [-0.39, 0.29) is 18.4 Å². The lowest BCUT2D eigenvalue weighted by molar-refractivity contribution is -0.123. The Hall–Kier alpha value is -4.71. The lowest BCUT2D eigenvalue weighted by atomic mass is 9.91. The first-order chi connectivity index (χ1) is 18.2. The average molecular weight is 492 g/mol. The third kappa shape index (κ3) is 7.90. The van der Waals surface area contributed by atoms with Gasteiger partial charge < -0.3 is 10.1 Å². The Bertz CT molecular complexity index is 1250. The van der Waals surface area contributed by atoms with E-state index >= 15 is 0 Å². The Kier molecular flexibility index (Phi) is 9.19. The van der Waals surface area contributed by atoms with Gasteiger partial charge in [-0.2, -0.15) is 5.10 Å². The summed E-state index contributed by atoms with van der Waals surface area (Å²) in [5, 5.41) is 7.01. The maximum atomic E-state index is 13.0. The standard InChI is InChI=1S/C31H29N3O3/c35-29(32-21-20-24-10-4-1-5-11-24)23-37-28-18-16-25(17-19-28)22-33-34-31(36)30(26-12-6-2-7-13-26)27-14-8-3-9-15-27/h1-19,22,30H,20-21,23H2,(H,32,35)(H,34,36)/b33-22+. The number of nitrogens with zero attached hydrogens (tertiary/aromatic N) is 1. The molecule has 37 heavy (non-hydrogen) atoms. The molecule has 0 unspecified atom stereocenters. The minimum absolute atomic E-state index is 0.0569. The lowest BCUT2D eigenvalue weighted by Gasteiger charge is -2.16. The second kappa shape index (κ2) is 13.4. The van der Waals surface area contributed by atoms with Crippen molar-refractivity contribution in [3.63, 3.8) is 0 Å². The van der Waals surface area contributed by atoms with Crippen molar-refractivity contribution in [3.8, 4) is 5.75 Å². The zero-order chi connectivity index (χ0) is 25.7. The van der Waals surface area contributed by atoms with E-state index in [0.29, 0.717) is 12.3 Å². The Balaban J connectivity index is 1.25. The highest BCUT2D eigenvalue weighted by Crippen LogP contribution is 2.24. The number of nitrogens with one attached hydrogen (secondary N) is 2. The highest BCUT2D eigenvalue weighted by Gasteiger charge is 2.22. The first-order valence-electron chi connectivity index (χ1n) is 12.2. The number of hydrazone groups is 1. The van der Waals surface area contributed by atoms with Gasteiger partial charge in [-0.3, -0.25) is 9.59 Å². The summed E-state index contributed by atoms with van der Waals surface area (Å²) >= 11 is 0. The van der Waals surface area contributed by atoms with E-state index in [1.54, 1.807) is 18.3 Å². The fourth-order valence-corrected chi connectivity index (χ4v) is 3.86.